The van der Waals surface area contributed by atoms with Crippen LogP contribution in [0.4, 0.5) is 0 Å². The quantitative estimate of drug-likeness (QED) is 0.462. The highest BCUT2D eigenvalue weighted by atomic mass is 16.5. The molecule has 0 saturated heterocycles. The van der Waals surface area contributed by atoms with E-state index in [1.807, 2.05) is 43.3 Å². The van der Waals surface area contributed by atoms with Gasteiger partial charge < -0.3 is 25.0 Å². The maximum atomic E-state index is 13.1. The molecule has 10 nitrogen and oxygen atoms in total. The lowest BCUT2D eigenvalue weighted by molar-refractivity contribution is -0.132. The molecule has 37 heavy (non-hydrogen) atoms. The fourth-order valence-corrected chi connectivity index (χ4v) is 4.18. The van der Waals surface area contributed by atoms with Crippen LogP contribution in [0.3, 0.4) is 0 Å². The highest BCUT2D eigenvalue weighted by molar-refractivity contribution is 6.01. The van der Waals surface area contributed by atoms with Gasteiger partial charge >= 0.3 is 0 Å². The molecule has 2 heterocycles. The minimum atomic E-state index is -1.17. The molecule has 3 amide bonds. The second-order valence-electron chi connectivity index (χ2n) is 8.98. The number of benzene rings is 2. The summed E-state index contributed by atoms with van der Waals surface area (Å²) in [7, 11) is 3.15. The number of fused-ring (bicyclic) bond motifs is 1. The smallest absolute Gasteiger partial charge is 0.272 e. The summed E-state index contributed by atoms with van der Waals surface area (Å²) in [6.45, 7) is 4.75. The van der Waals surface area contributed by atoms with Gasteiger partial charge in [0.2, 0.25) is 5.91 Å². The molecular formula is C27H31N5O5. The summed E-state index contributed by atoms with van der Waals surface area (Å²) in [5.74, 6) is 0.0850. The molecule has 3 aromatic rings. The number of carbonyl (C=O) groups is 3. The summed E-state index contributed by atoms with van der Waals surface area (Å²) >= 11 is 0. The molecule has 1 aromatic heterocycles. The first-order valence-electron chi connectivity index (χ1n) is 12.0. The van der Waals surface area contributed by atoms with E-state index in [-0.39, 0.29) is 36.3 Å². The van der Waals surface area contributed by atoms with Gasteiger partial charge in [-0.05, 0) is 37.1 Å². The molecule has 1 aliphatic rings. The third-order valence-electron chi connectivity index (χ3n) is 6.50. The standard InChI is InChI=1S/C27H31N5O5/c1-5-37-23-13-19(11-12-22(23)36-4)16-28-24(33)20-14-21-25(34)31(3)27(2,17-32(21)30-20)26(35)29-15-18-9-7-6-8-10-18/h6-14H,5,15-17H2,1-4H3,(H,28,33)(H,29,35)/t27-/m0/s1. The van der Waals surface area contributed by atoms with Gasteiger partial charge in [0.1, 0.15) is 11.2 Å². The average Bonchev–Trinajstić information content (AvgIpc) is 3.34. The Morgan fingerprint density at radius 3 is 2.46 bits per heavy atom. The van der Waals surface area contributed by atoms with Crippen molar-refractivity contribution in [3.05, 3.63) is 77.1 Å². The van der Waals surface area contributed by atoms with E-state index in [2.05, 4.69) is 15.7 Å². The van der Waals surface area contributed by atoms with Crippen molar-refractivity contribution >= 4 is 17.7 Å². The SMILES string of the molecule is CCOc1cc(CNC(=O)c2cc3n(n2)C[C@@](C)(C(=O)NCc2ccccc2)N(C)C3=O)ccc1OC. The Morgan fingerprint density at radius 2 is 1.76 bits per heavy atom. The Labute approximate surface area is 215 Å². The van der Waals surface area contributed by atoms with E-state index in [9.17, 15) is 14.4 Å². The average molecular weight is 506 g/mol. The molecule has 194 valence electrons. The molecule has 1 aliphatic heterocycles. The first-order valence-corrected chi connectivity index (χ1v) is 12.0. The summed E-state index contributed by atoms with van der Waals surface area (Å²) in [5, 5.41) is 10.1. The van der Waals surface area contributed by atoms with E-state index in [1.165, 1.54) is 15.6 Å². The van der Waals surface area contributed by atoms with Crippen LogP contribution in [0.5, 0.6) is 11.5 Å². The van der Waals surface area contributed by atoms with Gasteiger partial charge in [0.15, 0.2) is 17.2 Å². The Morgan fingerprint density at radius 1 is 1.03 bits per heavy atom. The van der Waals surface area contributed by atoms with E-state index in [0.29, 0.717) is 24.7 Å². The Kier molecular flexibility index (Phi) is 7.47. The van der Waals surface area contributed by atoms with Crippen molar-refractivity contribution in [1.29, 1.82) is 0 Å². The number of aromatic nitrogens is 2. The molecule has 0 bridgehead atoms. The normalized spacial score (nSPS) is 16.6. The van der Waals surface area contributed by atoms with Crippen LogP contribution < -0.4 is 20.1 Å². The molecule has 0 radical (unpaired) electrons. The summed E-state index contributed by atoms with van der Waals surface area (Å²) in [5.41, 5.74) is 0.957. The summed E-state index contributed by atoms with van der Waals surface area (Å²) in [6.07, 6.45) is 0. The number of rotatable bonds is 9. The maximum absolute atomic E-state index is 13.1. The topological polar surface area (TPSA) is 115 Å². The van der Waals surface area contributed by atoms with E-state index in [1.54, 1.807) is 33.2 Å². The molecule has 10 heteroatoms. The predicted molar refractivity (Wildman–Crippen MR) is 136 cm³/mol. The zero-order valence-corrected chi connectivity index (χ0v) is 21.4. The molecule has 4 rings (SSSR count). The van der Waals surface area contributed by atoms with Crippen molar-refractivity contribution in [2.24, 2.45) is 0 Å². The lowest BCUT2D eigenvalue weighted by atomic mass is 9.96. The van der Waals surface area contributed by atoms with E-state index in [0.717, 1.165) is 11.1 Å². The number of methoxy groups -OCH3 is 1. The minimum absolute atomic E-state index is 0.101. The number of hydrogen-bond donors (Lipinski definition) is 2. The summed E-state index contributed by atoms with van der Waals surface area (Å²) in [4.78, 5) is 40.5. The molecule has 2 N–H and O–H groups in total. The van der Waals surface area contributed by atoms with Gasteiger partial charge in [-0.3, -0.25) is 19.1 Å². The molecule has 0 spiro atoms. The van der Waals surface area contributed by atoms with Crippen molar-refractivity contribution in [3.63, 3.8) is 0 Å². The lowest BCUT2D eigenvalue weighted by Gasteiger charge is -2.40. The third-order valence-corrected chi connectivity index (χ3v) is 6.50. The molecule has 0 aliphatic carbocycles. The third kappa shape index (κ3) is 5.28. The highest BCUT2D eigenvalue weighted by Crippen LogP contribution is 2.28. The second-order valence-corrected chi connectivity index (χ2v) is 8.98. The first kappa shape index (κ1) is 25.7. The van der Waals surface area contributed by atoms with Gasteiger partial charge in [0.05, 0.1) is 20.3 Å². The zero-order chi connectivity index (χ0) is 26.6. The molecular weight excluding hydrogens is 474 g/mol. The summed E-state index contributed by atoms with van der Waals surface area (Å²) in [6, 6.07) is 16.4. The number of ether oxygens (including phenoxy) is 2. The van der Waals surface area contributed by atoms with Crippen LogP contribution in [0.25, 0.3) is 0 Å². The van der Waals surface area contributed by atoms with E-state index < -0.39 is 11.4 Å². The fourth-order valence-electron chi connectivity index (χ4n) is 4.18. The molecule has 1 atom stereocenters. The molecule has 0 fully saturated rings. The first-order chi connectivity index (χ1) is 17.8. The number of amides is 3. The monoisotopic (exact) mass is 505 g/mol. The second kappa shape index (κ2) is 10.7. The number of nitrogens with one attached hydrogen (secondary N) is 2. The highest BCUT2D eigenvalue weighted by Gasteiger charge is 2.46. The van der Waals surface area contributed by atoms with Gasteiger partial charge in [0, 0.05) is 26.2 Å². The number of nitrogens with zero attached hydrogens (tertiary/aromatic N) is 3. The van der Waals surface area contributed by atoms with Crippen molar-refractivity contribution in [2.45, 2.75) is 39.0 Å². The van der Waals surface area contributed by atoms with Gasteiger partial charge in [-0.1, -0.05) is 36.4 Å². The van der Waals surface area contributed by atoms with Crippen LogP contribution >= 0.6 is 0 Å². The van der Waals surface area contributed by atoms with E-state index in [4.69, 9.17) is 9.47 Å². The molecule has 2 aromatic carbocycles. The van der Waals surface area contributed by atoms with Crippen LogP contribution in [0.2, 0.25) is 0 Å². The number of hydrogen-bond acceptors (Lipinski definition) is 6. The zero-order valence-electron chi connectivity index (χ0n) is 21.4. The molecule has 0 saturated carbocycles. The molecule has 0 unspecified atom stereocenters. The Balaban J connectivity index is 1.45. The lowest BCUT2D eigenvalue weighted by Crippen LogP contribution is -2.62. The Hall–Kier alpha value is -4.34. The van der Waals surface area contributed by atoms with Crippen LogP contribution in [-0.2, 0) is 24.4 Å². The van der Waals surface area contributed by atoms with Crippen LogP contribution in [0.15, 0.2) is 54.6 Å². The number of likely N-dealkylation sites (N-methyl/N-ethyl adjacent to an activating group) is 1. The fraction of sp³-hybridized carbons (Fsp3) is 0.333. The van der Waals surface area contributed by atoms with Crippen LogP contribution in [0, 0.1) is 0 Å². The maximum Gasteiger partial charge on any atom is 0.272 e. The van der Waals surface area contributed by atoms with Crippen molar-refractivity contribution in [2.75, 3.05) is 20.8 Å². The predicted octanol–water partition coefficient (Wildman–Crippen LogP) is 2.38. The van der Waals surface area contributed by atoms with Crippen molar-refractivity contribution < 1.29 is 23.9 Å². The van der Waals surface area contributed by atoms with Gasteiger partial charge in [0.25, 0.3) is 11.8 Å². The van der Waals surface area contributed by atoms with Gasteiger partial charge in [-0.15, -0.1) is 0 Å². The van der Waals surface area contributed by atoms with Crippen LogP contribution in [-0.4, -0.2) is 58.7 Å². The number of carbonyl (C=O) groups excluding carboxylic acids is 3. The van der Waals surface area contributed by atoms with Gasteiger partial charge in [-0.2, -0.15) is 5.10 Å². The van der Waals surface area contributed by atoms with E-state index >= 15 is 0 Å². The minimum Gasteiger partial charge on any atom is -0.493 e. The Bertz CT molecular complexity index is 1310. The van der Waals surface area contributed by atoms with Crippen molar-refractivity contribution in [1.82, 2.24) is 25.3 Å². The van der Waals surface area contributed by atoms with Crippen LogP contribution in [0.1, 0.15) is 46.0 Å². The summed E-state index contributed by atoms with van der Waals surface area (Å²) < 4.78 is 12.3. The van der Waals surface area contributed by atoms with Crippen molar-refractivity contribution in [3.8, 4) is 11.5 Å². The largest absolute Gasteiger partial charge is 0.493 e. The van der Waals surface area contributed by atoms with Gasteiger partial charge in [-0.25, -0.2) is 0 Å².